The molecule has 0 aromatic heterocycles. The number of carboxylic acids is 1. The number of urea groups is 1. The first-order valence-corrected chi connectivity index (χ1v) is 5.00. The van der Waals surface area contributed by atoms with E-state index in [1.165, 1.54) is 13.8 Å². The van der Waals surface area contributed by atoms with Crippen molar-refractivity contribution in [3.63, 3.8) is 0 Å². The van der Waals surface area contributed by atoms with Crippen LogP contribution in [-0.2, 0) is 9.59 Å². The summed E-state index contributed by atoms with van der Waals surface area (Å²) in [6.07, 6.45) is -0.269. The first kappa shape index (κ1) is 15.0. The number of rotatable bonds is 4. The van der Waals surface area contributed by atoms with Crippen LogP contribution in [0.2, 0.25) is 0 Å². The molecular weight excluding hydrogens is 224 g/mol. The molecule has 6 heteroatoms. The number of carbonyl (C=O) groups excluding carboxylic acids is 2. The van der Waals surface area contributed by atoms with Crippen molar-refractivity contribution in [2.75, 3.05) is 6.54 Å². The van der Waals surface area contributed by atoms with E-state index in [-0.39, 0.29) is 13.0 Å². The highest BCUT2D eigenvalue weighted by atomic mass is 16.4. The van der Waals surface area contributed by atoms with E-state index in [9.17, 15) is 14.4 Å². The van der Waals surface area contributed by atoms with Crippen LogP contribution in [0.3, 0.4) is 0 Å². The molecule has 0 aliphatic rings. The van der Waals surface area contributed by atoms with Crippen LogP contribution in [0.25, 0.3) is 0 Å². The highest BCUT2D eigenvalue weighted by Crippen LogP contribution is 2.19. The molecule has 0 spiro atoms. The summed E-state index contributed by atoms with van der Waals surface area (Å²) in [6.45, 7) is 4.59. The summed E-state index contributed by atoms with van der Waals surface area (Å²) >= 11 is 0. The summed E-state index contributed by atoms with van der Waals surface area (Å²) in [7, 11) is 0. The van der Waals surface area contributed by atoms with Gasteiger partial charge in [0.05, 0.1) is 12.0 Å². The lowest BCUT2D eigenvalue weighted by molar-refractivity contribution is -0.149. The molecule has 0 unspecified atom stereocenters. The molecule has 94 valence electrons. The standard InChI is InChI=1S/C11H16N2O4/c1-4-5-6-12-10(17)13-8(14)7-11(2,3)9(15)16/h6-7H2,1-3H3,(H,15,16)(H2,12,13,14,17). The number of hydrogen-bond acceptors (Lipinski definition) is 3. The maximum atomic E-state index is 11.3. The van der Waals surface area contributed by atoms with Gasteiger partial charge in [0, 0.05) is 6.42 Å². The molecule has 0 fully saturated rings. The van der Waals surface area contributed by atoms with Gasteiger partial charge in [0.2, 0.25) is 5.91 Å². The van der Waals surface area contributed by atoms with E-state index in [0.29, 0.717) is 0 Å². The Labute approximate surface area is 99.8 Å². The number of imide groups is 1. The van der Waals surface area contributed by atoms with Gasteiger partial charge in [-0.1, -0.05) is 5.92 Å². The number of amides is 3. The van der Waals surface area contributed by atoms with Crippen molar-refractivity contribution in [3.05, 3.63) is 0 Å². The van der Waals surface area contributed by atoms with Crippen molar-refractivity contribution in [1.82, 2.24) is 10.6 Å². The Morgan fingerprint density at radius 1 is 1.29 bits per heavy atom. The molecule has 0 aromatic rings. The SMILES string of the molecule is CC#CCNC(=O)NC(=O)CC(C)(C)C(=O)O. The van der Waals surface area contributed by atoms with Crippen LogP contribution in [0.1, 0.15) is 27.2 Å². The zero-order valence-electron chi connectivity index (χ0n) is 10.1. The van der Waals surface area contributed by atoms with E-state index in [1.54, 1.807) is 6.92 Å². The molecule has 0 radical (unpaired) electrons. The van der Waals surface area contributed by atoms with Crippen molar-refractivity contribution >= 4 is 17.9 Å². The smallest absolute Gasteiger partial charge is 0.322 e. The lowest BCUT2D eigenvalue weighted by Gasteiger charge is -2.17. The third kappa shape index (κ3) is 6.20. The fourth-order valence-corrected chi connectivity index (χ4v) is 0.905. The summed E-state index contributed by atoms with van der Waals surface area (Å²) in [6, 6.07) is -0.682. The third-order valence-electron chi connectivity index (χ3n) is 1.95. The van der Waals surface area contributed by atoms with Gasteiger partial charge in [-0.15, -0.1) is 5.92 Å². The minimum Gasteiger partial charge on any atom is -0.481 e. The van der Waals surface area contributed by atoms with Crippen molar-refractivity contribution in [3.8, 4) is 11.8 Å². The van der Waals surface area contributed by atoms with Gasteiger partial charge in [0.1, 0.15) is 0 Å². The molecule has 0 atom stereocenters. The van der Waals surface area contributed by atoms with Gasteiger partial charge in [-0.25, -0.2) is 4.79 Å². The van der Waals surface area contributed by atoms with E-state index >= 15 is 0 Å². The van der Waals surface area contributed by atoms with Crippen molar-refractivity contribution < 1.29 is 19.5 Å². The Kier molecular flexibility index (Phi) is 5.75. The number of nitrogens with one attached hydrogen (secondary N) is 2. The van der Waals surface area contributed by atoms with Gasteiger partial charge < -0.3 is 10.4 Å². The van der Waals surface area contributed by atoms with Crippen LogP contribution < -0.4 is 10.6 Å². The Balaban J connectivity index is 4.13. The van der Waals surface area contributed by atoms with Crippen LogP contribution in [0, 0.1) is 17.3 Å². The van der Waals surface area contributed by atoms with Crippen LogP contribution in [0.4, 0.5) is 4.79 Å². The van der Waals surface area contributed by atoms with E-state index in [2.05, 4.69) is 17.2 Å². The molecule has 3 amide bonds. The first-order valence-electron chi connectivity index (χ1n) is 5.00. The van der Waals surface area contributed by atoms with Crippen LogP contribution >= 0.6 is 0 Å². The molecule has 0 saturated carbocycles. The Morgan fingerprint density at radius 3 is 2.35 bits per heavy atom. The average molecular weight is 240 g/mol. The van der Waals surface area contributed by atoms with Crippen LogP contribution in [-0.4, -0.2) is 29.6 Å². The van der Waals surface area contributed by atoms with Gasteiger partial charge in [-0.05, 0) is 20.8 Å². The summed E-state index contributed by atoms with van der Waals surface area (Å²) < 4.78 is 0. The summed E-state index contributed by atoms with van der Waals surface area (Å²) in [5.74, 6) is 3.43. The van der Waals surface area contributed by atoms with Crippen LogP contribution in [0.5, 0.6) is 0 Å². The monoisotopic (exact) mass is 240 g/mol. The number of carbonyl (C=O) groups is 3. The fourth-order valence-electron chi connectivity index (χ4n) is 0.905. The molecule has 17 heavy (non-hydrogen) atoms. The zero-order chi connectivity index (χ0) is 13.5. The second kappa shape index (κ2) is 6.53. The van der Waals surface area contributed by atoms with E-state index in [4.69, 9.17) is 5.11 Å². The maximum Gasteiger partial charge on any atom is 0.322 e. The highest BCUT2D eigenvalue weighted by Gasteiger charge is 2.30. The van der Waals surface area contributed by atoms with Crippen molar-refractivity contribution in [1.29, 1.82) is 0 Å². The third-order valence-corrected chi connectivity index (χ3v) is 1.95. The second-order valence-electron chi connectivity index (χ2n) is 4.02. The molecule has 0 aliphatic carbocycles. The molecule has 0 heterocycles. The normalized spacial score (nSPS) is 9.82. The van der Waals surface area contributed by atoms with E-state index in [0.717, 1.165) is 0 Å². The van der Waals surface area contributed by atoms with E-state index in [1.807, 2.05) is 5.32 Å². The second-order valence-corrected chi connectivity index (χ2v) is 4.02. The Morgan fingerprint density at radius 2 is 1.88 bits per heavy atom. The molecule has 0 rings (SSSR count). The maximum absolute atomic E-state index is 11.3. The van der Waals surface area contributed by atoms with Crippen molar-refractivity contribution in [2.24, 2.45) is 5.41 Å². The lowest BCUT2D eigenvalue weighted by Crippen LogP contribution is -2.42. The van der Waals surface area contributed by atoms with Gasteiger partial charge in [-0.2, -0.15) is 0 Å². The first-order chi connectivity index (χ1) is 7.79. The van der Waals surface area contributed by atoms with Crippen molar-refractivity contribution in [2.45, 2.75) is 27.2 Å². The van der Waals surface area contributed by atoms with Gasteiger partial charge in [0.15, 0.2) is 0 Å². The van der Waals surface area contributed by atoms with Gasteiger partial charge in [0.25, 0.3) is 0 Å². The predicted molar refractivity (Wildman–Crippen MR) is 61.0 cm³/mol. The molecular formula is C11H16N2O4. The molecule has 0 aromatic carbocycles. The summed E-state index contributed by atoms with van der Waals surface area (Å²) in [5, 5.41) is 13.2. The minimum absolute atomic E-state index is 0.137. The largest absolute Gasteiger partial charge is 0.481 e. The summed E-state index contributed by atoms with van der Waals surface area (Å²) in [5.41, 5.74) is -1.20. The quantitative estimate of drug-likeness (QED) is 0.617. The minimum atomic E-state index is -1.20. The lowest BCUT2D eigenvalue weighted by atomic mass is 9.89. The summed E-state index contributed by atoms with van der Waals surface area (Å²) in [4.78, 5) is 33.2. The predicted octanol–water partition coefficient (Wildman–Crippen LogP) is 0.336. The van der Waals surface area contributed by atoms with Gasteiger partial charge in [-0.3, -0.25) is 14.9 Å². The number of hydrogen-bond donors (Lipinski definition) is 3. The Hall–Kier alpha value is -2.03. The average Bonchev–Trinajstić information content (AvgIpc) is 2.16. The molecule has 0 aliphatic heterocycles. The highest BCUT2D eigenvalue weighted by molar-refractivity contribution is 5.96. The van der Waals surface area contributed by atoms with Gasteiger partial charge >= 0.3 is 12.0 Å². The number of aliphatic carboxylic acids is 1. The van der Waals surface area contributed by atoms with E-state index < -0.39 is 23.3 Å². The number of carboxylic acid groups (broad SMARTS) is 1. The zero-order valence-corrected chi connectivity index (χ0v) is 10.1. The molecule has 0 saturated heterocycles. The molecule has 3 N–H and O–H groups in total. The fraction of sp³-hybridized carbons (Fsp3) is 0.545. The molecule has 0 bridgehead atoms. The Bertz CT molecular complexity index is 377. The molecule has 6 nitrogen and oxygen atoms in total. The van der Waals surface area contributed by atoms with Crippen LogP contribution in [0.15, 0.2) is 0 Å². The topological polar surface area (TPSA) is 95.5 Å².